The largest absolute Gasteiger partial charge is 0.479 e. The summed E-state index contributed by atoms with van der Waals surface area (Å²) in [7, 11) is 0. The van der Waals surface area contributed by atoms with Crippen molar-refractivity contribution in [1.29, 1.82) is 0 Å². The molecule has 0 fully saturated rings. The van der Waals surface area contributed by atoms with Crippen LogP contribution in [0.15, 0.2) is 42.5 Å². The number of carboxylic acids is 1. The van der Waals surface area contributed by atoms with Crippen molar-refractivity contribution < 1.29 is 28.2 Å². The molecular formula is C15H10ClF3O3. The molecule has 1 atom stereocenters. The molecule has 0 bridgehead atoms. The van der Waals surface area contributed by atoms with Crippen LogP contribution in [0.5, 0.6) is 0 Å². The molecule has 0 aliphatic rings. The maximum atomic E-state index is 13.1. The molecule has 2 aromatic carbocycles. The number of rotatable bonds is 3. The molecule has 0 heterocycles. The zero-order chi connectivity index (χ0) is 16.5. The molecule has 0 amide bonds. The van der Waals surface area contributed by atoms with Crippen molar-refractivity contribution in [3.05, 3.63) is 58.6 Å². The smallest absolute Gasteiger partial charge is 0.417 e. The van der Waals surface area contributed by atoms with Gasteiger partial charge in [0.2, 0.25) is 0 Å². The Balaban J connectivity index is 2.66. The van der Waals surface area contributed by atoms with E-state index in [9.17, 15) is 23.1 Å². The Morgan fingerprint density at radius 3 is 2.23 bits per heavy atom. The summed E-state index contributed by atoms with van der Waals surface area (Å²) < 4.78 is 39.2. The molecule has 0 saturated heterocycles. The fourth-order valence-corrected chi connectivity index (χ4v) is 2.40. The molecule has 0 aromatic heterocycles. The van der Waals surface area contributed by atoms with E-state index in [1.54, 1.807) is 0 Å². The van der Waals surface area contributed by atoms with E-state index in [1.165, 1.54) is 36.4 Å². The van der Waals surface area contributed by atoms with Crippen LogP contribution in [-0.4, -0.2) is 16.2 Å². The van der Waals surface area contributed by atoms with Crippen LogP contribution in [0.3, 0.4) is 0 Å². The molecule has 0 spiro atoms. The second-order valence-electron chi connectivity index (χ2n) is 4.49. The van der Waals surface area contributed by atoms with Gasteiger partial charge in [-0.05, 0) is 11.6 Å². The van der Waals surface area contributed by atoms with Gasteiger partial charge in [-0.2, -0.15) is 13.2 Å². The minimum Gasteiger partial charge on any atom is -0.479 e. The van der Waals surface area contributed by atoms with E-state index >= 15 is 0 Å². The average Bonchev–Trinajstić information content (AvgIpc) is 2.46. The van der Waals surface area contributed by atoms with E-state index in [2.05, 4.69) is 0 Å². The lowest BCUT2D eigenvalue weighted by atomic mass is 9.96. The van der Waals surface area contributed by atoms with E-state index in [4.69, 9.17) is 16.7 Å². The molecule has 0 aliphatic heterocycles. The zero-order valence-corrected chi connectivity index (χ0v) is 11.7. The Bertz CT molecular complexity index is 713. The molecular weight excluding hydrogens is 321 g/mol. The number of hydrogen-bond donors (Lipinski definition) is 2. The zero-order valence-electron chi connectivity index (χ0n) is 10.9. The van der Waals surface area contributed by atoms with Crippen LogP contribution in [0.25, 0.3) is 11.1 Å². The number of carbonyl (C=O) groups is 1. The van der Waals surface area contributed by atoms with Crippen LogP contribution in [-0.2, 0) is 11.0 Å². The molecule has 2 aromatic rings. The van der Waals surface area contributed by atoms with Crippen molar-refractivity contribution in [2.24, 2.45) is 0 Å². The fourth-order valence-electron chi connectivity index (χ4n) is 2.07. The van der Waals surface area contributed by atoms with Gasteiger partial charge >= 0.3 is 12.1 Å². The lowest BCUT2D eigenvalue weighted by Crippen LogP contribution is -2.11. The van der Waals surface area contributed by atoms with E-state index in [0.717, 1.165) is 6.07 Å². The molecule has 7 heteroatoms. The SMILES string of the molecule is O=C(O)C(O)c1cccc(-c2ccccc2C(F)(F)F)c1Cl. The second-order valence-corrected chi connectivity index (χ2v) is 4.87. The summed E-state index contributed by atoms with van der Waals surface area (Å²) in [6, 6.07) is 8.74. The summed E-state index contributed by atoms with van der Waals surface area (Å²) in [6.07, 6.45) is -6.49. The highest BCUT2D eigenvalue weighted by molar-refractivity contribution is 6.34. The Hall–Kier alpha value is -2.05. The average molecular weight is 331 g/mol. The summed E-state index contributed by atoms with van der Waals surface area (Å²) in [6.45, 7) is 0. The third-order valence-electron chi connectivity index (χ3n) is 3.08. The third-order valence-corrected chi connectivity index (χ3v) is 3.50. The minimum absolute atomic E-state index is 0.00684. The number of aliphatic carboxylic acids is 1. The van der Waals surface area contributed by atoms with Crippen molar-refractivity contribution in [3.8, 4) is 11.1 Å². The fraction of sp³-hybridized carbons (Fsp3) is 0.133. The molecule has 1 unspecified atom stereocenters. The lowest BCUT2D eigenvalue weighted by Gasteiger charge is -2.16. The first-order valence-corrected chi connectivity index (χ1v) is 6.47. The Labute approximate surface area is 128 Å². The molecule has 2 N–H and O–H groups in total. The molecule has 22 heavy (non-hydrogen) atoms. The number of hydrogen-bond acceptors (Lipinski definition) is 2. The van der Waals surface area contributed by atoms with Gasteiger partial charge in [0.15, 0.2) is 6.10 Å². The highest BCUT2D eigenvalue weighted by Gasteiger charge is 2.34. The topological polar surface area (TPSA) is 57.5 Å². The van der Waals surface area contributed by atoms with Gasteiger partial charge in [0.25, 0.3) is 0 Å². The summed E-state index contributed by atoms with van der Waals surface area (Å²) in [4.78, 5) is 10.8. The van der Waals surface area contributed by atoms with Gasteiger partial charge in [-0.3, -0.25) is 0 Å². The van der Waals surface area contributed by atoms with Gasteiger partial charge < -0.3 is 10.2 Å². The van der Waals surface area contributed by atoms with E-state index in [0.29, 0.717) is 0 Å². The normalized spacial score (nSPS) is 13.0. The minimum atomic E-state index is -4.58. The van der Waals surface area contributed by atoms with Crippen LogP contribution in [0, 0.1) is 0 Å². The van der Waals surface area contributed by atoms with Crippen LogP contribution in [0.1, 0.15) is 17.2 Å². The first-order valence-electron chi connectivity index (χ1n) is 6.09. The van der Waals surface area contributed by atoms with Crippen LogP contribution >= 0.6 is 11.6 Å². The Kier molecular flexibility index (Phi) is 4.44. The van der Waals surface area contributed by atoms with Gasteiger partial charge in [0.05, 0.1) is 10.6 Å². The van der Waals surface area contributed by atoms with Crippen molar-refractivity contribution in [2.75, 3.05) is 0 Å². The highest BCUT2D eigenvalue weighted by Crippen LogP contribution is 2.41. The van der Waals surface area contributed by atoms with Gasteiger partial charge in [0, 0.05) is 11.1 Å². The van der Waals surface area contributed by atoms with E-state index < -0.39 is 23.8 Å². The quantitative estimate of drug-likeness (QED) is 0.889. The number of aliphatic hydroxyl groups is 1. The van der Waals surface area contributed by atoms with Crippen LogP contribution in [0.2, 0.25) is 5.02 Å². The molecule has 0 saturated carbocycles. The maximum absolute atomic E-state index is 13.1. The lowest BCUT2D eigenvalue weighted by molar-refractivity contribution is -0.147. The second kappa shape index (κ2) is 5.98. The van der Waals surface area contributed by atoms with Crippen LogP contribution in [0.4, 0.5) is 13.2 Å². The Morgan fingerprint density at radius 2 is 1.64 bits per heavy atom. The first kappa shape index (κ1) is 16.3. The maximum Gasteiger partial charge on any atom is 0.417 e. The van der Waals surface area contributed by atoms with Gasteiger partial charge in [-0.25, -0.2) is 4.79 Å². The van der Waals surface area contributed by atoms with Crippen LogP contribution < -0.4 is 0 Å². The van der Waals surface area contributed by atoms with E-state index in [1.807, 2.05) is 0 Å². The molecule has 0 aliphatic carbocycles. The van der Waals surface area contributed by atoms with E-state index in [-0.39, 0.29) is 21.7 Å². The predicted molar refractivity (Wildman–Crippen MR) is 74.5 cm³/mol. The monoisotopic (exact) mass is 330 g/mol. The summed E-state index contributed by atoms with van der Waals surface area (Å²) in [5.41, 5.74) is -1.23. The van der Waals surface area contributed by atoms with Crippen molar-refractivity contribution >= 4 is 17.6 Å². The third kappa shape index (κ3) is 3.08. The molecule has 2 rings (SSSR count). The molecule has 0 radical (unpaired) electrons. The standard InChI is InChI=1S/C15H10ClF3O3/c16-12-9(5-3-6-10(12)13(20)14(21)22)8-4-1-2-7-11(8)15(17,18)19/h1-7,13,20H,(H,21,22). The first-order chi connectivity index (χ1) is 10.2. The van der Waals surface area contributed by atoms with Gasteiger partial charge in [-0.1, -0.05) is 48.0 Å². The highest BCUT2D eigenvalue weighted by atomic mass is 35.5. The van der Waals surface area contributed by atoms with Gasteiger partial charge in [0.1, 0.15) is 0 Å². The summed E-state index contributed by atoms with van der Waals surface area (Å²) >= 11 is 6.01. The number of halogens is 4. The number of carboxylic acid groups (broad SMARTS) is 1. The summed E-state index contributed by atoms with van der Waals surface area (Å²) in [5, 5.41) is 18.2. The number of benzene rings is 2. The molecule has 3 nitrogen and oxygen atoms in total. The summed E-state index contributed by atoms with van der Waals surface area (Å²) in [5.74, 6) is -1.54. The number of aliphatic hydroxyl groups excluding tert-OH is 1. The Morgan fingerprint density at radius 1 is 1.05 bits per heavy atom. The predicted octanol–water partition coefficient (Wildman–Crippen LogP) is 4.14. The number of alkyl halides is 3. The van der Waals surface area contributed by atoms with Gasteiger partial charge in [-0.15, -0.1) is 0 Å². The van der Waals surface area contributed by atoms with Crippen molar-refractivity contribution in [2.45, 2.75) is 12.3 Å². The van der Waals surface area contributed by atoms with Crippen molar-refractivity contribution in [1.82, 2.24) is 0 Å². The van der Waals surface area contributed by atoms with Crippen molar-refractivity contribution in [3.63, 3.8) is 0 Å². The molecule has 116 valence electrons.